The van der Waals surface area contributed by atoms with E-state index in [4.69, 9.17) is 4.74 Å². The number of thioether (sulfide) groups is 1. The first-order valence-corrected chi connectivity index (χ1v) is 8.13. The first-order valence-electron chi connectivity index (χ1n) is 7.25. The van der Waals surface area contributed by atoms with Crippen LogP contribution < -0.4 is 5.32 Å². The molecule has 3 heteroatoms. The predicted molar refractivity (Wildman–Crippen MR) is 84.1 cm³/mol. The molecule has 2 unspecified atom stereocenters. The zero-order chi connectivity index (χ0) is 13.7. The molecule has 0 aromatic heterocycles. The summed E-state index contributed by atoms with van der Waals surface area (Å²) in [6.45, 7) is 4.27. The number of anilines is 1. The zero-order valence-electron chi connectivity index (χ0n) is 12.2. The number of benzene rings is 1. The van der Waals surface area contributed by atoms with E-state index < -0.39 is 0 Å². The molecule has 0 radical (unpaired) electrons. The van der Waals surface area contributed by atoms with E-state index in [-0.39, 0.29) is 6.10 Å². The average Bonchev–Trinajstić information content (AvgIpc) is 2.93. The summed E-state index contributed by atoms with van der Waals surface area (Å²) in [7, 11) is 1.77. The lowest BCUT2D eigenvalue weighted by Gasteiger charge is -2.23. The van der Waals surface area contributed by atoms with Crippen LogP contribution in [0.4, 0.5) is 5.69 Å². The molecule has 1 fully saturated rings. The van der Waals surface area contributed by atoms with Crippen molar-refractivity contribution in [3.8, 4) is 0 Å². The van der Waals surface area contributed by atoms with Crippen LogP contribution in [0.3, 0.4) is 0 Å². The molecule has 1 aromatic carbocycles. The lowest BCUT2D eigenvalue weighted by atomic mass is 10.2. The fourth-order valence-electron chi connectivity index (χ4n) is 2.44. The molecule has 2 atom stereocenters. The van der Waals surface area contributed by atoms with Gasteiger partial charge in [-0.3, -0.25) is 0 Å². The third-order valence-electron chi connectivity index (χ3n) is 3.94. The van der Waals surface area contributed by atoms with Gasteiger partial charge in [0.15, 0.2) is 0 Å². The van der Waals surface area contributed by atoms with Gasteiger partial charge in [-0.1, -0.05) is 25.0 Å². The van der Waals surface area contributed by atoms with Crippen molar-refractivity contribution in [2.75, 3.05) is 12.4 Å². The number of para-hydroxylation sites is 1. The number of hydrogen-bond acceptors (Lipinski definition) is 3. The monoisotopic (exact) mass is 279 g/mol. The van der Waals surface area contributed by atoms with Crippen LogP contribution in [0.5, 0.6) is 0 Å². The van der Waals surface area contributed by atoms with Crippen LogP contribution in [-0.4, -0.2) is 24.5 Å². The van der Waals surface area contributed by atoms with Crippen LogP contribution in [0.1, 0.15) is 39.5 Å². The first kappa shape index (κ1) is 14.7. The van der Waals surface area contributed by atoms with Gasteiger partial charge in [-0.15, -0.1) is 11.8 Å². The minimum Gasteiger partial charge on any atom is -0.380 e. The number of hydrogen-bond donors (Lipinski definition) is 1. The maximum absolute atomic E-state index is 5.39. The normalized spacial score (nSPS) is 19.3. The summed E-state index contributed by atoms with van der Waals surface area (Å²) in [5, 5.41) is 4.39. The number of ether oxygens (including phenoxy) is 1. The topological polar surface area (TPSA) is 21.3 Å². The Labute approximate surface area is 121 Å². The van der Waals surface area contributed by atoms with Crippen molar-refractivity contribution in [2.45, 2.75) is 61.8 Å². The molecule has 0 heterocycles. The minimum absolute atomic E-state index is 0.213. The van der Waals surface area contributed by atoms with Gasteiger partial charge in [0.05, 0.1) is 6.10 Å². The summed E-state index contributed by atoms with van der Waals surface area (Å²) >= 11 is 2.04. The van der Waals surface area contributed by atoms with Crippen molar-refractivity contribution in [3.63, 3.8) is 0 Å². The van der Waals surface area contributed by atoms with Gasteiger partial charge in [-0.25, -0.2) is 0 Å². The molecule has 2 nitrogen and oxygen atoms in total. The fourth-order valence-corrected chi connectivity index (χ4v) is 3.78. The Morgan fingerprint density at radius 3 is 2.58 bits per heavy atom. The average molecular weight is 279 g/mol. The molecule has 0 amide bonds. The smallest absolute Gasteiger partial charge is 0.0741 e. The molecule has 0 saturated heterocycles. The largest absolute Gasteiger partial charge is 0.380 e. The van der Waals surface area contributed by atoms with Crippen LogP contribution >= 0.6 is 11.8 Å². The number of methoxy groups -OCH3 is 1. The molecular weight excluding hydrogens is 254 g/mol. The zero-order valence-corrected chi connectivity index (χ0v) is 13.0. The van der Waals surface area contributed by atoms with Crippen molar-refractivity contribution in [1.29, 1.82) is 0 Å². The highest BCUT2D eigenvalue weighted by Gasteiger charge is 2.18. The number of rotatable bonds is 6. The Morgan fingerprint density at radius 2 is 1.89 bits per heavy atom. The van der Waals surface area contributed by atoms with E-state index >= 15 is 0 Å². The SMILES string of the molecule is COC(C)C(C)Nc1ccccc1SC1CCCC1. The second kappa shape index (κ2) is 7.20. The van der Waals surface area contributed by atoms with Crippen molar-refractivity contribution < 1.29 is 4.74 Å². The molecule has 1 aliphatic carbocycles. The van der Waals surface area contributed by atoms with E-state index in [2.05, 4.69) is 43.4 Å². The summed E-state index contributed by atoms with van der Waals surface area (Å²) in [6.07, 6.45) is 5.73. The van der Waals surface area contributed by atoms with Gasteiger partial charge in [0, 0.05) is 29.0 Å². The molecule has 19 heavy (non-hydrogen) atoms. The van der Waals surface area contributed by atoms with Gasteiger partial charge in [0.2, 0.25) is 0 Å². The van der Waals surface area contributed by atoms with E-state index in [0.29, 0.717) is 6.04 Å². The minimum atomic E-state index is 0.213. The Balaban J connectivity index is 2.02. The van der Waals surface area contributed by atoms with Crippen LogP contribution in [0.2, 0.25) is 0 Å². The molecule has 1 aromatic rings. The highest BCUT2D eigenvalue weighted by molar-refractivity contribution is 8.00. The molecule has 1 N–H and O–H groups in total. The van der Waals surface area contributed by atoms with Crippen LogP contribution in [0, 0.1) is 0 Å². The van der Waals surface area contributed by atoms with E-state index in [1.807, 2.05) is 11.8 Å². The van der Waals surface area contributed by atoms with Gasteiger partial charge in [-0.05, 0) is 38.8 Å². The highest BCUT2D eigenvalue weighted by atomic mass is 32.2. The van der Waals surface area contributed by atoms with Gasteiger partial charge < -0.3 is 10.1 Å². The molecule has 0 bridgehead atoms. The van der Waals surface area contributed by atoms with Crippen LogP contribution in [0.15, 0.2) is 29.2 Å². The molecule has 0 spiro atoms. The molecule has 0 aliphatic heterocycles. The standard InChI is InChI=1S/C16H25NOS/c1-12(13(2)18-3)17-15-10-6-7-11-16(15)19-14-8-4-5-9-14/h6-7,10-14,17H,4-5,8-9H2,1-3H3. The maximum Gasteiger partial charge on any atom is 0.0741 e. The van der Waals surface area contributed by atoms with Gasteiger partial charge in [0.25, 0.3) is 0 Å². The van der Waals surface area contributed by atoms with Gasteiger partial charge >= 0.3 is 0 Å². The summed E-state index contributed by atoms with van der Waals surface area (Å²) in [5.41, 5.74) is 1.25. The third kappa shape index (κ3) is 4.15. The summed E-state index contributed by atoms with van der Waals surface area (Å²) in [4.78, 5) is 1.38. The molecule has 1 saturated carbocycles. The molecular formula is C16H25NOS. The maximum atomic E-state index is 5.39. The van der Waals surface area contributed by atoms with E-state index in [1.54, 1.807) is 7.11 Å². The predicted octanol–water partition coefficient (Wildman–Crippen LogP) is 4.56. The molecule has 1 aliphatic rings. The third-order valence-corrected chi connectivity index (χ3v) is 5.36. The fraction of sp³-hybridized carbons (Fsp3) is 0.625. The summed E-state index contributed by atoms with van der Waals surface area (Å²) < 4.78 is 5.39. The second-order valence-corrected chi connectivity index (χ2v) is 6.74. The van der Waals surface area contributed by atoms with Crippen molar-refractivity contribution in [1.82, 2.24) is 0 Å². The van der Waals surface area contributed by atoms with Crippen LogP contribution in [-0.2, 0) is 4.74 Å². The summed E-state index contributed by atoms with van der Waals surface area (Å²) in [6, 6.07) is 8.96. The van der Waals surface area contributed by atoms with Crippen LogP contribution in [0.25, 0.3) is 0 Å². The Kier molecular flexibility index (Phi) is 5.59. The Morgan fingerprint density at radius 1 is 1.21 bits per heavy atom. The highest BCUT2D eigenvalue weighted by Crippen LogP contribution is 2.38. The van der Waals surface area contributed by atoms with E-state index in [1.165, 1.54) is 36.3 Å². The second-order valence-electron chi connectivity index (χ2n) is 5.39. The van der Waals surface area contributed by atoms with Crippen molar-refractivity contribution >= 4 is 17.4 Å². The van der Waals surface area contributed by atoms with Gasteiger partial charge in [-0.2, -0.15) is 0 Å². The van der Waals surface area contributed by atoms with Crippen molar-refractivity contribution in [2.24, 2.45) is 0 Å². The molecule has 106 valence electrons. The Bertz CT molecular complexity index is 390. The lowest BCUT2D eigenvalue weighted by molar-refractivity contribution is 0.106. The molecule has 2 rings (SSSR count). The van der Waals surface area contributed by atoms with Gasteiger partial charge in [0.1, 0.15) is 0 Å². The van der Waals surface area contributed by atoms with Crippen molar-refractivity contribution in [3.05, 3.63) is 24.3 Å². The number of nitrogens with one attached hydrogen (secondary N) is 1. The first-order chi connectivity index (χ1) is 9.20. The summed E-state index contributed by atoms with van der Waals surface area (Å²) in [5.74, 6) is 0. The lowest BCUT2D eigenvalue weighted by Crippen LogP contribution is -2.29. The Hall–Kier alpha value is -0.670. The van der Waals surface area contributed by atoms with E-state index in [9.17, 15) is 0 Å². The van der Waals surface area contributed by atoms with E-state index in [0.717, 1.165) is 5.25 Å². The quantitative estimate of drug-likeness (QED) is 0.825.